The minimum absolute atomic E-state index is 0.323. The topological polar surface area (TPSA) is 115 Å². The van der Waals surface area contributed by atoms with Crippen molar-refractivity contribution in [1.82, 2.24) is 20.1 Å². The Labute approximate surface area is 216 Å². The van der Waals surface area contributed by atoms with Gasteiger partial charge in [0.05, 0.1) is 0 Å². The molecule has 0 fully saturated rings. The highest BCUT2D eigenvalue weighted by atomic mass is 32.2. The van der Waals surface area contributed by atoms with Gasteiger partial charge in [-0.1, -0.05) is 11.8 Å². The van der Waals surface area contributed by atoms with Crippen molar-refractivity contribution in [2.75, 3.05) is 51.9 Å². The van der Waals surface area contributed by atoms with Gasteiger partial charge in [0.15, 0.2) is 0 Å². The Morgan fingerprint density at radius 3 is 1.74 bits per heavy atom. The quantitative estimate of drug-likeness (QED) is 0.137. The van der Waals surface area contributed by atoms with E-state index in [2.05, 4.69) is 15.4 Å². The zero-order valence-electron chi connectivity index (χ0n) is 22.2. The van der Waals surface area contributed by atoms with Crippen LogP contribution in [0.25, 0.3) is 0 Å². The van der Waals surface area contributed by atoms with Crippen LogP contribution in [0.5, 0.6) is 0 Å². The molecular weight excluding hydrogens is 508 g/mol. The molecule has 0 bridgehead atoms. The van der Waals surface area contributed by atoms with Crippen LogP contribution in [0.3, 0.4) is 0 Å². The van der Waals surface area contributed by atoms with Gasteiger partial charge in [0, 0.05) is 64.0 Å². The zero-order valence-corrected chi connectivity index (χ0v) is 25.0. The third kappa shape index (κ3) is 11.8. The SMILES string of the molecule is CCO[Si](CCCNC(=O)n1cnc(SCCC[Si](OCC)(OCC)OCC)n1)(OCC)OCC. The first-order chi connectivity index (χ1) is 16.9. The van der Waals surface area contributed by atoms with E-state index in [1.54, 1.807) is 0 Å². The average Bonchev–Trinajstić information content (AvgIpc) is 3.30. The zero-order chi connectivity index (χ0) is 26.0. The number of hydrogen-bond acceptors (Lipinski definition) is 10. The van der Waals surface area contributed by atoms with Crippen LogP contribution in [-0.2, 0) is 26.6 Å². The van der Waals surface area contributed by atoms with Gasteiger partial charge < -0.3 is 31.9 Å². The van der Waals surface area contributed by atoms with Crippen molar-refractivity contribution in [3.05, 3.63) is 6.33 Å². The van der Waals surface area contributed by atoms with E-state index in [1.807, 2.05) is 41.5 Å². The summed E-state index contributed by atoms with van der Waals surface area (Å²) in [5.41, 5.74) is 0. The van der Waals surface area contributed by atoms with Gasteiger partial charge in [-0.3, -0.25) is 0 Å². The maximum Gasteiger partial charge on any atom is 0.500 e. The molecule has 0 spiro atoms. The molecule has 1 rings (SSSR count). The molecule has 0 saturated carbocycles. The second-order valence-electron chi connectivity index (χ2n) is 7.22. The number of nitrogens with zero attached hydrogens (tertiary/aromatic N) is 3. The van der Waals surface area contributed by atoms with Crippen LogP contribution in [0.4, 0.5) is 4.79 Å². The lowest BCUT2D eigenvalue weighted by Gasteiger charge is -2.28. The highest BCUT2D eigenvalue weighted by molar-refractivity contribution is 7.99. The third-order valence-corrected chi connectivity index (χ3v) is 11.9. The molecule has 204 valence electrons. The Morgan fingerprint density at radius 1 is 0.829 bits per heavy atom. The molecule has 0 unspecified atom stereocenters. The smallest absolute Gasteiger partial charge is 0.374 e. The summed E-state index contributed by atoms with van der Waals surface area (Å²) < 4.78 is 36.4. The van der Waals surface area contributed by atoms with Gasteiger partial charge in [-0.25, -0.2) is 9.78 Å². The fraction of sp³-hybridized carbons (Fsp3) is 0.857. The summed E-state index contributed by atoms with van der Waals surface area (Å²) in [6, 6.07) is 1.04. The summed E-state index contributed by atoms with van der Waals surface area (Å²) in [5.74, 6) is 0.770. The summed E-state index contributed by atoms with van der Waals surface area (Å²) >= 11 is 1.49. The van der Waals surface area contributed by atoms with Crippen LogP contribution in [0, 0.1) is 0 Å². The predicted molar refractivity (Wildman–Crippen MR) is 140 cm³/mol. The van der Waals surface area contributed by atoms with Crippen molar-refractivity contribution in [1.29, 1.82) is 0 Å². The van der Waals surface area contributed by atoms with Crippen molar-refractivity contribution in [3.63, 3.8) is 0 Å². The van der Waals surface area contributed by atoms with Gasteiger partial charge in [0.25, 0.3) is 0 Å². The van der Waals surface area contributed by atoms with Gasteiger partial charge in [-0.2, -0.15) is 4.68 Å². The second-order valence-corrected chi connectivity index (χ2v) is 13.7. The molecule has 1 N–H and O–H groups in total. The molecule has 1 aromatic heterocycles. The van der Waals surface area contributed by atoms with Crippen LogP contribution in [0.1, 0.15) is 54.4 Å². The molecule has 14 heteroatoms. The number of carbonyl (C=O) groups excluding carboxylic acids is 1. The lowest BCUT2D eigenvalue weighted by Crippen LogP contribution is -2.46. The number of amides is 1. The molecule has 0 saturated heterocycles. The van der Waals surface area contributed by atoms with Gasteiger partial charge >= 0.3 is 23.6 Å². The Balaban J connectivity index is 2.47. The van der Waals surface area contributed by atoms with Gasteiger partial charge in [-0.05, 0) is 54.4 Å². The first kappa shape index (κ1) is 32.2. The van der Waals surface area contributed by atoms with Gasteiger partial charge in [-0.15, -0.1) is 5.10 Å². The first-order valence-corrected chi connectivity index (χ1v) is 17.4. The molecular formula is C21H44N4O7SSi2. The number of aromatic nitrogens is 3. The van der Waals surface area contributed by atoms with Crippen LogP contribution < -0.4 is 5.32 Å². The molecule has 0 atom stereocenters. The normalized spacial score (nSPS) is 12.3. The van der Waals surface area contributed by atoms with Crippen molar-refractivity contribution in [2.24, 2.45) is 0 Å². The lowest BCUT2D eigenvalue weighted by molar-refractivity contribution is 0.0702. The monoisotopic (exact) mass is 552 g/mol. The summed E-state index contributed by atoms with van der Waals surface area (Å²) in [5, 5.41) is 7.69. The van der Waals surface area contributed by atoms with Crippen LogP contribution in [0.15, 0.2) is 11.5 Å². The molecule has 0 aliphatic carbocycles. The largest absolute Gasteiger partial charge is 0.500 e. The fourth-order valence-electron chi connectivity index (χ4n) is 3.45. The predicted octanol–water partition coefficient (Wildman–Crippen LogP) is 3.80. The summed E-state index contributed by atoms with van der Waals surface area (Å²) in [6.45, 7) is 15.4. The van der Waals surface area contributed by atoms with E-state index in [0.717, 1.165) is 18.2 Å². The molecule has 0 aliphatic heterocycles. The van der Waals surface area contributed by atoms with Gasteiger partial charge in [0.2, 0.25) is 5.16 Å². The maximum absolute atomic E-state index is 12.5. The molecule has 0 aliphatic rings. The lowest BCUT2D eigenvalue weighted by atomic mass is 10.5. The van der Waals surface area contributed by atoms with Crippen molar-refractivity contribution in [2.45, 2.75) is 71.6 Å². The third-order valence-electron chi connectivity index (χ3n) is 4.66. The molecule has 1 amide bonds. The fourth-order valence-corrected chi connectivity index (χ4v) is 9.67. The van der Waals surface area contributed by atoms with E-state index in [1.165, 1.54) is 22.8 Å². The summed E-state index contributed by atoms with van der Waals surface area (Å²) in [4.78, 5) is 16.7. The van der Waals surface area contributed by atoms with Crippen molar-refractivity contribution in [3.8, 4) is 0 Å². The van der Waals surface area contributed by atoms with E-state index >= 15 is 0 Å². The Hall–Kier alpha value is -0.846. The molecule has 1 heterocycles. The molecule has 1 aromatic rings. The molecule has 0 radical (unpaired) electrons. The summed E-state index contributed by atoms with van der Waals surface area (Å²) in [6.07, 6.45) is 2.94. The Bertz CT molecular complexity index is 668. The number of nitrogens with one attached hydrogen (secondary N) is 1. The minimum atomic E-state index is -2.70. The molecule has 0 aromatic carbocycles. The first-order valence-electron chi connectivity index (χ1n) is 12.6. The van der Waals surface area contributed by atoms with Crippen LogP contribution in [0.2, 0.25) is 12.1 Å². The molecule has 35 heavy (non-hydrogen) atoms. The standard InChI is InChI=1S/C21H44N4O7SSi2/c1-7-27-34(28-8-2,29-9-3)17-13-15-22-21(26)25-19-23-20(24-25)33-16-14-18-35(30-10-4,31-11-5)32-12-6/h19H,7-18H2,1-6H3,(H,22,26). The molecule has 11 nitrogen and oxygen atoms in total. The van der Waals surface area contributed by atoms with E-state index in [0.29, 0.717) is 63.8 Å². The Morgan fingerprint density at radius 2 is 1.29 bits per heavy atom. The van der Waals surface area contributed by atoms with E-state index in [9.17, 15) is 4.79 Å². The van der Waals surface area contributed by atoms with E-state index < -0.39 is 17.6 Å². The van der Waals surface area contributed by atoms with E-state index in [-0.39, 0.29) is 6.03 Å². The van der Waals surface area contributed by atoms with E-state index in [4.69, 9.17) is 26.6 Å². The van der Waals surface area contributed by atoms with Crippen molar-refractivity contribution < 1.29 is 31.4 Å². The Kier molecular flexibility index (Phi) is 16.9. The number of hydrogen-bond donors (Lipinski definition) is 1. The summed E-state index contributed by atoms with van der Waals surface area (Å²) in [7, 11) is -5.35. The van der Waals surface area contributed by atoms with Crippen LogP contribution in [-0.4, -0.2) is 90.3 Å². The second kappa shape index (κ2) is 18.4. The highest BCUT2D eigenvalue weighted by Crippen LogP contribution is 2.22. The average molecular weight is 553 g/mol. The minimum Gasteiger partial charge on any atom is -0.374 e. The number of thioether (sulfide) groups is 1. The van der Waals surface area contributed by atoms with Gasteiger partial charge in [0.1, 0.15) is 6.33 Å². The highest BCUT2D eigenvalue weighted by Gasteiger charge is 2.40. The number of rotatable bonds is 21. The maximum atomic E-state index is 12.5. The number of carbonyl (C=O) groups is 1. The van der Waals surface area contributed by atoms with Crippen LogP contribution >= 0.6 is 11.8 Å². The van der Waals surface area contributed by atoms with Crippen molar-refractivity contribution >= 4 is 35.4 Å².